The van der Waals surface area contributed by atoms with Crippen molar-refractivity contribution in [3.8, 4) is 27.6 Å². The Hall–Kier alpha value is -3.45. The third-order valence-electron chi connectivity index (χ3n) is 4.07. The standard InChI is InChI=1S/C20H15N3O3S/c1-26-19(25)15-9-5-8-14(10-15)17-12-27-20(21-17)23-18(24)11-16(22-23)13-6-3-2-4-7-13/h2-12,22H,1H3. The van der Waals surface area contributed by atoms with Gasteiger partial charge in [-0.2, -0.15) is 4.68 Å². The van der Waals surface area contributed by atoms with Crippen LogP contribution in [0.3, 0.4) is 0 Å². The number of nitrogens with one attached hydrogen (secondary N) is 1. The first kappa shape index (κ1) is 17.0. The molecule has 0 saturated carbocycles. The van der Waals surface area contributed by atoms with Gasteiger partial charge in [-0.3, -0.25) is 9.89 Å². The number of carbonyl (C=O) groups excluding carboxylic acids is 1. The van der Waals surface area contributed by atoms with Gasteiger partial charge in [-0.15, -0.1) is 11.3 Å². The summed E-state index contributed by atoms with van der Waals surface area (Å²) in [4.78, 5) is 28.6. The highest BCUT2D eigenvalue weighted by atomic mass is 32.1. The average molecular weight is 377 g/mol. The van der Waals surface area contributed by atoms with Crippen LogP contribution in [0.25, 0.3) is 27.6 Å². The van der Waals surface area contributed by atoms with Crippen LogP contribution < -0.4 is 5.56 Å². The van der Waals surface area contributed by atoms with Crippen LogP contribution in [-0.4, -0.2) is 27.8 Å². The summed E-state index contributed by atoms with van der Waals surface area (Å²) in [5.41, 5.74) is 3.39. The van der Waals surface area contributed by atoms with Crippen LogP contribution in [0.2, 0.25) is 0 Å². The van der Waals surface area contributed by atoms with Crippen molar-refractivity contribution >= 4 is 17.3 Å². The molecular formula is C20H15N3O3S. The number of thiazole rings is 1. The van der Waals surface area contributed by atoms with E-state index in [1.165, 1.54) is 23.1 Å². The van der Waals surface area contributed by atoms with Crippen LogP contribution in [0.1, 0.15) is 10.4 Å². The van der Waals surface area contributed by atoms with E-state index in [1.807, 2.05) is 41.8 Å². The van der Waals surface area contributed by atoms with E-state index in [4.69, 9.17) is 4.74 Å². The van der Waals surface area contributed by atoms with Gasteiger partial charge in [0, 0.05) is 17.0 Å². The van der Waals surface area contributed by atoms with Gasteiger partial charge in [0.2, 0.25) is 5.13 Å². The number of esters is 1. The molecule has 0 unspecified atom stereocenters. The largest absolute Gasteiger partial charge is 0.465 e. The molecule has 0 aliphatic rings. The molecule has 2 aromatic carbocycles. The number of nitrogens with zero attached hydrogens (tertiary/aromatic N) is 2. The molecule has 0 atom stereocenters. The molecule has 134 valence electrons. The van der Waals surface area contributed by atoms with Crippen LogP contribution in [0.4, 0.5) is 0 Å². The molecule has 27 heavy (non-hydrogen) atoms. The topological polar surface area (TPSA) is 77.0 Å². The summed E-state index contributed by atoms with van der Waals surface area (Å²) in [6, 6.07) is 18.2. The van der Waals surface area contributed by atoms with E-state index in [-0.39, 0.29) is 5.56 Å². The molecule has 6 nitrogen and oxygen atoms in total. The van der Waals surface area contributed by atoms with Crippen LogP contribution in [0, 0.1) is 0 Å². The molecule has 0 bridgehead atoms. The van der Waals surface area contributed by atoms with Gasteiger partial charge in [0.05, 0.1) is 24.1 Å². The van der Waals surface area contributed by atoms with Gasteiger partial charge in [-0.25, -0.2) is 9.78 Å². The number of hydrogen-bond donors (Lipinski definition) is 1. The first-order chi connectivity index (χ1) is 13.2. The van der Waals surface area contributed by atoms with Gasteiger partial charge in [-0.05, 0) is 17.7 Å². The second kappa shape index (κ2) is 7.05. The number of hydrogen-bond acceptors (Lipinski definition) is 5. The van der Waals surface area contributed by atoms with Crippen molar-refractivity contribution in [2.24, 2.45) is 0 Å². The Labute approximate surface area is 158 Å². The number of H-pyrrole nitrogens is 1. The predicted octanol–water partition coefficient (Wildman–Crippen LogP) is 3.74. The molecule has 0 amide bonds. The Morgan fingerprint density at radius 1 is 1.07 bits per heavy atom. The third-order valence-corrected chi connectivity index (χ3v) is 4.89. The van der Waals surface area contributed by atoms with E-state index in [0.717, 1.165) is 16.8 Å². The van der Waals surface area contributed by atoms with Gasteiger partial charge in [0.15, 0.2) is 0 Å². The number of carbonyl (C=O) groups is 1. The highest BCUT2D eigenvalue weighted by Gasteiger charge is 2.13. The summed E-state index contributed by atoms with van der Waals surface area (Å²) in [5.74, 6) is -0.402. The minimum absolute atomic E-state index is 0.182. The number of ether oxygens (including phenoxy) is 1. The number of aromatic amines is 1. The second-order valence-corrected chi connectivity index (χ2v) is 6.63. The Morgan fingerprint density at radius 2 is 1.85 bits per heavy atom. The maximum Gasteiger partial charge on any atom is 0.337 e. The molecule has 0 aliphatic carbocycles. The van der Waals surface area contributed by atoms with E-state index >= 15 is 0 Å². The monoisotopic (exact) mass is 377 g/mol. The number of aromatic nitrogens is 3. The summed E-state index contributed by atoms with van der Waals surface area (Å²) in [6.45, 7) is 0. The lowest BCUT2D eigenvalue weighted by atomic mass is 10.1. The predicted molar refractivity (Wildman–Crippen MR) is 104 cm³/mol. The Kier molecular flexibility index (Phi) is 4.43. The highest BCUT2D eigenvalue weighted by Crippen LogP contribution is 2.25. The smallest absolute Gasteiger partial charge is 0.337 e. The molecular weight excluding hydrogens is 362 g/mol. The first-order valence-corrected chi connectivity index (χ1v) is 9.06. The molecule has 7 heteroatoms. The van der Waals surface area contributed by atoms with Gasteiger partial charge < -0.3 is 4.74 Å². The summed E-state index contributed by atoms with van der Waals surface area (Å²) in [6.07, 6.45) is 0. The molecule has 0 fully saturated rings. The van der Waals surface area contributed by atoms with E-state index in [1.54, 1.807) is 24.3 Å². The summed E-state index contributed by atoms with van der Waals surface area (Å²) in [7, 11) is 1.35. The Morgan fingerprint density at radius 3 is 2.63 bits per heavy atom. The van der Waals surface area contributed by atoms with Crippen molar-refractivity contribution in [1.82, 2.24) is 14.8 Å². The molecule has 0 aliphatic heterocycles. The molecule has 2 heterocycles. The fourth-order valence-corrected chi connectivity index (χ4v) is 3.52. The molecule has 1 N–H and O–H groups in total. The third kappa shape index (κ3) is 3.32. The molecule has 0 saturated heterocycles. The average Bonchev–Trinajstić information content (AvgIpc) is 3.35. The summed E-state index contributed by atoms with van der Waals surface area (Å²) < 4.78 is 6.17. The lowest BCUT2D eigenvalue weighted by Crippen LogP contribution is -2.13. The lowest BCUT2D eigenvalue weighted by molar-refractivity contribution is 0.0601. The fraction of sp³-hybridized carbons (Fsp3) is 0.0500. The molecule has 4 rings (SSSR count). The van der Waals surface area contributed by atoms with Crippen LogP contribution in [0.15, 0.2) is 70.8 Å². The van der Waals surface area contributed by atoms with Gasteiger partial charge in [-0.1, -0.05) is 42.5 Å². The minimum Gasteiger partial charge on any atom is -0.465 e. The number of benzene rings is 2. The maximum absolute atomic E-state index is 12.4. The maximum atomic E-state index is 12.4. The van der Waals surface area contributed by atoms with Gasteiger partial charge in [0.1, 0.15) is 0 Å². The van der Waals surface area contributed by atoms with Gasteiger partial charge >= 0.3 is 5.97 Å². The van der Waals surface area contributed by atoms with Crippen molar-refractivity contribution in [2.75, 3.05) is 7.11 Å². The molecule has 2 aromatic heterocycles. The van der Waals surface area contributed by atoms with Gasteiger partial charge in [0.25, 0.3) is 5.56 Å². The van der Waals surface area contributed by atoms with Crippen LogP contribution >= 0.6 is 11.3 Å². The minimum atomic E-state index is -0.402. The van der Waals surface area contributed by atoms with Crippen molar-refractivity contribution < 1.29 is 9.53 Å². The fourth-order valence-electron chi connectivity index (χ4n) is 2.73. The second-order valence-electron chi connectivity index (χ2n) is 5.80. The van der Waals surface area contributed by atoms with E-state index in [9.17, 15) is 9.59 Å². The zero-order valence-corrected chi connectivity index (χ0v) is 15.2. The van der Waals surface area contributed by atoms with Crippen molar-refractivity contribution in [2.45, 2.75) is 0 Å². The first-order valence-electron chi connectivity index (χ1n) is 8.18. The zero-order chi connectivity index (χ0) is 18.8. The van der Waals surface area contributed by atoms with Crippen molar-refractivity contribution in [1.29, 1.82) is 0 Å². The zero-order valence-electron chi connectivity index (χ0n) is 14.4. The van der Waals surface area contributed by atoms with E-state index < -0.39 is 5.97 Å². The van der Waals surface area contributed by atoms with E-state index in [2.05, 4.69) is 10.1 Å². The molecule has 0 spiro atoms. The quantitative estimate of drug-likeness (QED) is 0.550. The highest BCUT2D eigenvalue weighted by molar-refractivity contribution is 7.12. The molecule has 0 radical (unpaired) electrons. The van der Waals surface area contributed by atoms with Crippen molar-refractivity contribution in [3.63, 3.8) is 0 Å². The van der Waals surface area contributed by atoms with Crippen molar-refractivity contribution in [3.05, 3.63) is 82.0 Å². The lowest BCUT2D eigenvalue weighted by Gasteiger charge is -2.01. The number of methoxy groups -OCH3 is 1. The number of rotatable bonds is 4. The van der Waals surface area contributed by atoms with E-state index in [0.29, 0.717) is 16.4 Å². The van der Waals surface area contributed by atoms with Crippen LogP contribution in [-0.2, 0) is 4.74 Å². The Balaban J connectivity index is 1.69. The Bertz CT molecular complexity index is 1160. The molecule has 4 aromatic rings. The normalized spacial score (nSPS) is 10.7. The summed E-state index contributed by atoms with van der Waals surface area (Å²) >= 11 is 1.34. The van der Waals surface area contributed by atoms with Crippen LogP contribution in [0.5, 0.6) is 0 Å². The summed E-state index contributed by atoms with van der Waals surface area (Å²) in [5, 5.41) is 5.47. The SMILES string of the molecule is COC(=O)c1cccc(-c2csc(-n3[nH]c(-c4ccccc4)cc3=O)n2)c1.